The van der Waals surface area contributed by atoms with Crippen LogP contribution in [0, 0.1) is 6.92 Å². The standard InChI is InChI=1S/C9H11NO3/c1-6-3-7(5-9(12)13)10(2)8(11)4-6/h3-4H,5H2,1-2H3,(H,12,13). The molecule has 0 aliphatic heterocycles. The van der Waals surface area contributed by atoms with Gasteiger partial charge in [0.2, 0.25) is 0 Å². The Labute approximate surface area is 75.4 Å². The minimum atomic E-state index is -0.930. The Morgan fingerprint density at radius 1 is 1.54 bits per heavy atom. The van der Waals surface area contributed by atoms with Gasteiger partial charge in [0.15, 0.2) is 0 Å². The molecule has 0 unspecified atom stereocenters. The smallest absolute Gasteiger partial charge is 0.309 e. The summed E-state index contributed by atoms with van der Waals surface area (Å²) in [6, 6.07) is 3.18. The number of rotatable bonds is 2. The van der Waals surface area contributed by atoms with Crippen LogP contribution in [0.25, 0.3) is 0 Å². The highest BCUT2D eigenvalue weighted by Gasteiger charge is 2.05. The van der Waals surface area contributed by atoms with E-state index in [0.717, 1.165) is 5.56 Å². The fraction of sp³-hybridized carbons (Fsp3) is 0.333. The number of hydrogen-bond acceptors (Lipinski definition) is 2. The summed E-state index contributed by atoms with van der Waals surface area (Å²) >= 11 is 0. The number of hydrogen-bond donors (Lipinski definition) is 1. The van der Waals surface area contributed by atoms with Crippen molar-refractivity contribution in [2.24, 2.45) is 7.05 Å². The second kappa shape index (κ2) is 3.43. The average Bonchev–Trinajstić information content (AvgIpc) is 1.98. The number of pyridine rings is 1. The quantitative estimate of drug-likeness (QED) is 0.714. The summed E-state index contributed by atoms with van der Waals surface area (Å²) in [5.74, 6) is -0.930. The maximum atomic E-state index is 11.2. The molecule has 0 radical (unpaired) electrons. The molecule has 1 rings (SSSR count). The lowest BCUT2D eigenvalue weighted by molar-refractivity contribution is -0.136. The van der Waals surface area contributed by atoms with Crippen molar-refractivity contribution >= 4 is 5.97 Å². The van der Waals surface area contributed by atoms with Gasteiger partial charge in [-0.2, -0.15) is 0 Å². The van der Waals surface area contributed by atoms with Gasteiger partial charge in [0.05, 0.1) is 6.42 Å². The monoisotopic (exact) mass is 181 g/mol. The highest BCUT2D eigenvalue weighted by molar-refractivity contribution is 5.69. The zero-order valence-corrected chi connectivity index (χ0v) is 7.57. The van der Waals surface area contributed by atoms with E-state index in [0.29, 0.717) is 5.69 Å². The van der Waals surface area contributed by atoms with Crippen molar-refractivity contribution in [3.63, 3.8) is 0 Å². The number of aliphatic carboxylic acids is 1. The number of carbonyl (C=O) groups is 1. The van der Waals surface area contributed by atoms with Crippen LogP contribution < -0.4 is 5.56 Å². The summed E-state index contributed by atoms with van der Waals surface area (Å²) in [6.45, 7) is 1.77. The second-order valence-corrected chi connectivity index (χ2v) is 2.99. The summed E-state index contributed by atoms with van der Waals surface area (Å²) in [4.78, 5) is 21.6. The summed E-state index contributed by atoms with van der Waals surface area (Å²) in [5, 5.41) is 8.56. The fourth-order valence-corrected chi connectivity index (χ4v) is 1.16. The molecule has 0 atom stereocenters. The lowest BCUT2D eigenvalue weighted by Crippen LogP contribution is -2.21. The van der Waals surface area contributed by atoms with Crippen molar-refractivity contribution in [3.8, 4) is 0 Å². The predicted molar refractivity (Wildman–Crippen MR) is 47.8 cm³/mol. The minimum Gasteiger partial charge on any atom is -0.481 e. The first-order chi connectivity index (χ1) is 6.00. The lowest BCUT2D eigenvalue weighted by atomic mass is 10.2. The highest BCUT2D eigenvalue weighted by atomic mass is 16.4. The molecule has 1 aromatic heterocycles. The van der Waals surface area contributed by atoms with Crippen molar-refractivity contribution in [2.75, 3.05) is 0 Å². The number of aryl methyl sites for hydroxylation is 1. The molecule has 0 bridgehead atoms. The molecule has 0 aliphatic rings. The van der Waals surface area contributed by atoms with E-state index >= 15 is 0 Å². The number of aromatic nitrogens is 1. The molecule has 0 saturated carbocycles. The third-order valence-corrected chi connectivity index (χ3v) is 1.84. The van der Waals surface area contributed by atoms with E-state index in [2.05, 4.69) is 0 Å². The van der Waals surface area contributed by atoms with Crippen LogP contribution in [0.1, 0.15) is 11.3 Å². The Bertz CT molecular complexity index is 392. The number of nitrogens with zero attached hydrogens (tertiary/aromatic N) is 1. The van der Waals surface area contributed by atoms with E-state index in [1.807, 2.05) is 0 Å². The Kier molecular flexibility index (Phi) is 2.51. The average molecular weight is 181 g/mol. The van der Waals surface area contributed by atoms with E-state index in [1.54, 1.807) is 20.0 Å². The van der Waals surface area contributed by atoms with Crippen LogP contribution in [0.5, 0.6) is 0 Å². The van der Waals surface area contributed by atoms with E-state index < -0.39 is 5.97 Å². The van der Waals surface area contributed by atoms with Gasteiger partial charge in [-0.3, -0.25) is 9.59 Å². The third kappa shape index (κ3) is 2.18. The zero-order valence-electron chi connectivity index (χ0n) is 7.57. The maximum absolute atomic E-state index is 11.2. The molecule has 0 aromatic carbocycles. The largest absolute Gasteiger partial charge is 0.481 e. The van der Waals surface area contributed by atoms with Gasteiger partial charge in [0.25, 0.3) is 5.56 Å². The van der Waals surface area contributed by atoms with E-state index in [4.69, 9.17) is 5.11 Å². The van der Waals surface area contributed by atoms with Crippen molar-refractivity contribution < 1.29 is 9.90 Å². The van der Waals surface area contributed by atoms with Crippen LogP contribution in [0.4, 0.5) is 0 Å². The van der Waals surface area contributed by atoms with Crippen LogP contribution in [0.3, 0.4) is 0 Å². The number of carboxylic acids is 1. The van der Waals surface area contributed by atoms with Crippen molar-refractivity contribution in [1.82, 2.24) is 4.57 Å². The zero-order chi connectivity index (χ0) is 10.0. The van der Waals surface area contributed by atoms with Gasteiger partial charge in [0, 0.05) is 18.8 Å². The fourth-order valence-electron chi connectivity index (χ4n) is 1.16. The van der Waals surface area contributed by atoms with Gasteiger partial charge in [-0.1, -0.05) is 0 Å². The molecule has 0 fully saturated rings. The molecule has 0 saturated heterocycles. The Morgan fingerprint density at radius 2 is 2.15 bits per heavy atom. The van der Waals surface area contributed by atoms with E-state index in [1.165, 1.54) is 10.6 Å². The topological polar surface area (TPSA) is 59.3 Å². The van der Waals surface area contributed by atoms with Gasteiger partial charge in [-0.05, 0) is 18.6 Å². The van der Waals surface area contributed by atoms with Crippen LogP contribution >= 0.6 is 0 Å². The van der Waals surface area contributed by atoms with E-state index in [-0.39, 0.29) is 12.0 Å². The summed E-state index contributed by atoms with van der Waals surface area (Å²) in [6.07, 6.45) is -0.118. The van der Waals surface area contributed by atoms with Crippen LogP contribution in [-0.4, -0.2) is 15.6 Å². The molecule has 0 spiro atoms. The third-order valence-electron chi connectivity index (χ3n) is 1.84. The van der Waals surface area contributed by atoms with Gasteiger partial charge in [-0.15, -0.1) is 0 Å². The molecule has 0 aliphatic carbocycles. The summed E-state index contributed by atoms with van der Waals surface area (Å²) < 4.78 is 1.35. The Morgan fingerprint density at radius 3 is 2.69 bits per heavy atom. The first-order valence-corrected chi connectivity index (χ1v) is 3.89. The molecular formula is C9H11NO3. The Hall–Kier alpha value is -1.58. The van der Waals surface area contributed by atoms with Crippen LogP contribution in [0.2, 0.25) is 0 Å². The van der Waals surface area contributed by atoms with Crippen LogP contribution in [0.15, 0.2) is 16.9 Å². The predicted octanol–water partition coefficient (Wildman–Crippen LogP) is 0.321. The van der Waals surface area contributed by atoms with Crippen molar-refractivity contribution in [2.45, 2.75) is 13.3 Å². The maximum Gasteiger partial charge on any atom is 0.309 e. The highest BCUT2D eigenvalue weighted by Crippen LogP contribution is 2.00. The molecule has 1 N–H and O–H groups in total. The molecular weight excluding hydrogens is 170 g/mol. The molecule has 1 heterocycles. The summed E-state index contributed by atoms with van der Waals surface area (Å²) in [5.41, 5.74) is 1.15. The molecule has 4 nitrogen and oxygen atoms in total. The van der Waals surface area contributed by atoms with Gasteiger partial charge in [-0.25, -0.2) is 0 Å². The molecule has 70 valence electrons. The van der Waals surface area contributed by atoms with Gasteiger partial charge in [0.1, 0.15) is 0 Å². The first-order valence-electron chi connectivity index (χ1n) is 3.89. The second-order valence-electron chi connectivity index (χ2n) is 2.99. The Balaban J connectivity index is 3.20. The SMILES string of the molecule is Cc1cc(CC(=O)O)n(C)c(=O)c1. The molecule has 13 heavy (non-hydrogen) atoms. The van der Waals surface area contributed by atoms with Gasteiger partial charge >= 0.3 is 5.97 Å². The van der Waals surface area contributed by atoms with Gasteiger partial charge < -0.3 is 9.67 Å². The summed E-state index contributed by atoms with van der Waals surface area (Å²) in [7, 11) is 1.57. The van der Waals surface area contributed by atoms with Crippen molar-refractivity contribution in [3.05, 3.63) is 33.7 Å². The molecule has 0 amide bonds. The molecule has 1 aromatic rings. The molecule has 4 heteroatoms. The first kappa shape index (κ1) is 9.51. The lowest BCUT2D eigenvalue weighted by Gasteiger charge is -2.05. The minimum absolute atomic E-state index is 0.118. The normalized spacial score (nSPS) is 10.0. The van der Waals surface area contributed by atoms with Crippen LogP contribution in [-0.2, 0) is 18.3 Å². The van der Waals surface area contributed by atoms with E-state index in [9.17, 15) is 9.59 Å². The number of carboxylic acid groups (broad SMARTS) is 1. The van der Waals surface area contributed by atoms with Crippen molar-refractivity contribution in [1.29, 1.82) is 0 Å².